The van der Waals surface area contributed by atoms with E-state index in [2.05, 4.69) is 13.8 Å². The number of esters is 2. The first-order valence-electron chi connectivity index (χ1n) is 10.7. The van der Waals surface area contributed by atoms with Crippen molar-refractivity contribution in [2.45, 2.75) is 84.8 Å². The third-order valence-corrected chi connectivity index (χ3v) is 8.45. The van der Waals surface area contributed by atoms with E-state index in [0.717, 1.165) is 38.5 Å². The van der Waals surface area contributed by atoms with E-state index in [4.69, 9.17) is 9.47 Å². The van der Waals surface area contributed by atoms with Crippen LogP contribution in [-0.2, 0) is 23.9 Å². The van der Waals surface area contributed by atoms with Crippen molar-refractivity contribution in [3.63, 3.8) is 0 Å². The molecule has 4 rings (SSSR count). The molecule has 0 unspecified atom stereocenters. The van der Waals surface area contributed by atoms with E-state index in [0.29, 0.717) is 12.3 Å². The van der Waals surface area contributed by atoms with Crippen LogP contribution < -0.4 is 0 Å². The number of fused-ring (bicyclic) bond motifs is 5. The van der Waals surface area contributed by atoms with Gasteiger partial charge in [0.25, 0.3) is 0 Å². The lowest BCUT2D eigenvalue weighted by Crippen LogP contribution is -2.54. The zero-order chi connectivity index (χ0) is 20.3. The number of rotatable bonds is 2. The Balaban J connectivity index is 1.62. The van der Waals surface area contributed by atoms with Crippen molar-refractivity contribution in [1.29, 1.82) is 0 Å². The average molecular weight is 389 g/mol. The fraction of sp³-hybridized carbons (Fsp3) is 0.783. The van der Waals surface area contributed by atoms with E-state index in [1.54, 1.807) is 0 Å². The first kappa shape index (κ1) is 19.7. The summed E-state index contributed by atoms with van der Waals surface area (Å²) in [6.07, 6.45) is 8.02. The Morgan fingerprint density at radius 3 is 2.36 bits per heavy atom. The van der Waals surface area contributed by atoms with Crippen LogP contribution in [0.4, 0.5) is 0 Å². The first-order chi connectivity index (χ1) is 13.1. The number of hydrogen-bond acceptors (Lipinski definition) is 5. The average Bonchev–Trinajstić information content (AvgIpc) is 2.92. The Labute approximate surface area is 167 Å². The van der Waals surface area contributed by atoms with Crippen LogP contribution in [0, 0.1) is 28.6 Å². The Hall–Kier alpha value is -1.65. The molecular weight excluding hydrogens is 356 g/mol. The standard InChI is InChI=1S/C23H32O5/c1-13(24)27-16-7-9-22(3)15(11-16)12-19(26)21-17-5-6-20(28-14(2)25)23(17,4)10-8-18(21)22/h12,16-18,20-21H,5-11H2,1-4H3/t16-,17+,18-,20-,21-,22-,23-/m0/s1. The minimum Gasteiger partial charge on any atom is -0.462 e. The normalized spacial score (nSPS) is 44.6. The second-order valence-corrected chi connectivity index (χ2v) is 9.92. The smallest absolute Gasteiger partial charge is 0.302 e. The van der Waals surface area contributed by atoms with Crippen molar-refractivity contribution in [3.8, 4) is 0 Å². The summed E-state index contributed by atoms with van der Waals surface area (Å²) in [5, 5.41) is 0. The van der Waals surface area contributed by atoms with Gasteiger partial charge in [-0.15, -0.1) is 0 Å². The topological polar surface area (TPSA) is 69.7 Å². The number of ketones is 1. The molecule has 4 aliphatic carbocycles. The van der Waals surface area contributed by atoms with Gasteiger partial charge in [0.1, 0.15) is 12.2 Å². The van der Waals surface area contributed by atoms with Gasteiger partial charge in [-0.3, -0.25) is 14.4 Å². The lowest BCUT2D eigenvalue weighted by atomic mass is 9.47. The fourth-order valence-electron chi connectivity index (χ4n) is 7.05. The van der Waals surface area contributed by atoms with Gasteiger partial charge in [0, 0.05) is 31.6 Å². The monoisotopic (exact) mass is 388 g/mol. The molecule has 0 radical (unpaired) electrons. The summed E-state index contributed by atoms with van der Waals surface area (Å²) in [6, 6.07) is 0. The van der Waals surface area contributed by atoms with E-state index in [-0.39, 0.29) is 52.6 Å². The number of allylic oxidation sites excluding steroid dienone is 1. The van der Waals surface area contributed by atoms with Crippen molar-refractivity contribution in [1.82, 2.24) is 0 Å². The van der Waals surface area contributed by atoms with Crippen molar-refractivity contribution in [3.05, 3.63) is 11.6 Å². The molecule has 0 amide bonds. The van der Waals surface area contributed by atoms with Gasteiger partial charge in [-0.25, -0.2) is 0 Å². The largest absolute Gasteiger partial charge is 0.462 e. The zero-order valence-electron chi connectivity index (χ0n) is 17.5. The molecule has 28 heavy (non-hydrogen) atoms. The SMILES string of the molecule is CC(=O)O[C@H]1CC[C@@]2(C)C(=CC(=O)[C@H]3[C@H]4CC[C@H](OC(C)=O)[C@@]4(C)CC[C@@H]32)C1. The lowest BCUT2D eigenvalue weighted by Gasteiger charge is -2.56. The number of carbonyl (C=O) groups is 3. The summed E-state index contributed by atoms with van der Waals surface area (Å²) in [5.41, 5.74) is 1.09. The molecule has 0 bridgehead atoms. The van der Waals surface area contributed by atoms with E-state index in [9.17, 15) is 14.4 Å². The minimum absolute atomic E-state index is 0.01000. The van der Waals surface area contributed by atoms with Crippen molar-refractivity contribution in [2.24, 2.45) is 28.6 Å². The van der Waals surface area contributed by atoms with Gasteiger partial charge in [0.05, 0.1) is 0 Å². The Morgan fingerprint density at radius 1 is 0.964 bits per heavy atom. The molecule has 4 aliphatic rings. The minimum atomic E-state index is -0.245. The summed E-state index contributed by atoms with van der Waals surface area (Å²) >= 11 is 0. The molecule has 5 nitrogen and oxygen atoms in total. The third kappa shape index (κ3) is 2.93. The van der Waals surface area contributed by atoms with Gasteiger partial charge >= 0.3 is 11.9 Å². The maximum absolute atomic E-state index is 13.3. The summed E-state index contributed by atoms with van der Waals surface area (Å²) in [5.74, 6) is 0.419. The van der Waals surface area contributed by atoms with Crippen molar-refractivity contribution >= 4 is 17.7 Å². The maximum atomic E-state index is 13.3. The Morgan fingerprint density at radius 2 is 1.68 bits per heavy atom. The molecule has 3 fully saturated rings. The van der Waals surface area contributed by atoms with Gasteiger partial charge in [0.2, 0.25) is 0 Å². The van der Waals surface area contributed by atoms with Crippen molar-refractivity contribution < 1.29 is 23.9 Å². The number of hydrogen-bond donors (Lipinski definition) is 0. The summed E-state index contributed by atoms with van der Waals surface area (Å²) in [6.45, 7) is 7.46. The van der Waals surface area contributed by atoms with Crippen LogP contribution in [0.15, 0.2) is 11.6 Å². The van der Waals surface area contributed by atoms with E-state index in [1.807, 2.05) is 6.08 Å². The fourth-order valence-corrected chi connectivity index (χ4v) is 7.05. The molecule has 0 spiro atoms. The maximum Gasteiger partial charge on any atom is 0.302 e. The highest BCUT2D eigenvalue weighted by Gasteiger charge is 2.61. The molecule has 0 aromatic carbocycles. The van der Waals surface area contributed by atoms with Crippen LogP contribution in [0.25, 0.3) is 0 Å². The second kappa shape index (κ2) is 6.70. The predicted molar refractivity (Wildman–Crippen MR) is 103 cm³/mol. The second-order valence-electron chi connectivity index (χ2n) is 9.92. The first-order valence-corrected chi connectivity index (χ1v) is 10.7. The molecule has 0 heterocycles. The molecule has 0 aliphatic heterocycles. The van der Waals surface area contributed by atoms with E-state index in [1.165, 1.54) is 19.4 Å². The molecular formula is C23H32O5. The Bertz CT molecular complexity index is 739. The van der Waals surface area contributed by atoms with Crippen LogP contribution in [0.1, 0.15) is 72.6 Å². The number of carbonyl (C=O) groups excluding carboxylic acids is 3. The van der Waals surface area contributed by atoms with Crippen LogP contribution in [0.5, 0.6) is 0 Å². The molecule has 0 saturated heterocycles. The highest BCUT2D eigenvalue weighted by atomic mass is 16.5. The highest BCUT2D eigenvalue weighted by molar-refractivity contribution is 5.94. The summed E-state index contributed by atoms with van der Waals surface area (Å²) in [7, 11) is 0. The molecule has 0 aromatic heterocycles. The van der Waals surface area contributed by atoms with Crippen LogP contribution in [-0.4, -0.2) is 29.9 Å². The van der Waals surface area contributed by atoms with Crippen molar-refractivity contribution in [2.75, 3.05) is 0 Å². The van der Waals surface area contributed by atoms with Gasteiger partial charge in [-0.1, -0.05) is 19.4 Å². The third-order valence-electron chi connectivity index (χ3n) is 8.45. The predicted octanol–water partition coefficient (Wildman–Crippen LogP) is 3.99. The van der Waals surface area contributed by atoms with Crippen LogP contribution in [0.3, 0.4) is 0 Å². The molecule has 3 saturated carbocycles. The number of ether oxygens (including phenoxy) is 2. The van der Waals surface area contributed by atoms with E-state index < -0.39 is 0 Å². The summed E-state index contributed by atoms with van der Waals surface area (Å²) < 4.78 is 11.1. The molecule has 0 aromatic rings. The highest BCUT2D eigenvalue weighted by Crippen LogP contribution is 2.64. The van der Waals surface area contributed by atoms with Crippen LogP contribution >= 0.6 is 0 Å². The zero-order valence-corrected chi connectivity index (χ0v) is 17.5. The Kier molecular flexibility index (Phi) is 4.71. The molecule has 5 heteroatoms. The quantitative estimate of drug-likeness (QED) is 0.669. The van der Waals surface area contributed by atoms with Gasteiger partial charge in [0.15, 0.2) is 5.78 Å². The summed E-state index contributed by atoms with van der Waals surface area (Å²) in [4.78, 5) is 36.2. The van der Waals surface area contributed by atoms with Gasteiger partial charge in [-0.05, 0) is 61.9 Å². The van der Waals surface area contributed by atoms with E-state index >= 15 is 0 Å². The molecule has 7 atom stereocenters. The molecule has 154 valence electrons. The van der Waals surface area contributed by atoms with Gasteiger partial charge < -0.3 is 9.47 Å². The molecule has 0 N–H and O–H groups in total. The lowest BCUT2D eigenvalue weighted by molar-refractivity contribution is -0.158. The van der Waals surface area contributed by atoms with Gasteiger partial charge in [-0.2, -0.15) is 0 Å². The van der Waals surface area contributed by atoms with Crippen LogP contribution in [0.2, 0.25) is 0 Å².